The average molecular weight is 359 g/mol. The minimum absolute atomic E-state index is 0.0418. The van der Waals surface area contributed by atoms with Gasteiger partial charge in [0.2, 0.25) is 5.91 Å². The van der Waals surface area contributed by atoms with Crippen LogP contribution >= 0.6 is 11.6 Å². The maximum absolute atomic E-state index is 12.4. The van der Waals surface area contributed by atoms with Crippen molar-refractivity contribution in [1.29, 1.82) is 0 Å². The predicted octanol–water partition coefficient (Wildman–Crippen LogP) is 4.72. The monoisotopic (exact) mass is 358 g/mol. The molecule has 0 bridgehead atoms. The molecule has 132 valence electrons. The lowest BCUT2D eigenvalue weighted by molar-refractivity contribution is -0.114. The Bertz CT molecular complexity index is 787. The molecule has 2 rings (SSSR count). The average Bonchev–Trinajstić information content (AvgIpc) is 2.60. The van der Waals surface area contributed by atoms with Gasteiger partial charge in [-0.3, -0.25) is 9.59 Å². The van der Waals surface area contributed by atoms with E-state index >= 15 is 0 Å². The Kier molecular flexibility index (Phi) is 6.59. The third-order valence-electron chi connectivity index (χ3n) is 4.09. The number of rotatable bonds is 7. The van der Waals surface area contributed by atoms with Gasteiger partial charge in [0, 0.05) is 22.0 Å². The standard InChI is InChI=1S/C20H23ClN2O2/c1-4-14-10-11-17(21)15(5-2)20(14)23-19(25)12-22-18-9-7-6-8-16(18)13(3)24/h6-11,22H,4-5,12H2,1-3H3,(H,23,25). The molecule has 25 heavy (non-hydrogen) atoms. The van der Waals surface area contributed by atoms with Gasteiger partial charge in [0.1, 0.15) is 0 Å². The van der Waals surface area contributed by atoms with Crippen LogP contribution in [0.4, 0.5) is 11.4 Å². The summed E-state index contributed by atoms with van der Waals surface area (Å²) in [5.41, 5.74) is 4.02. The highest BCUT2D eigenvalue weighted by Crippen LogP contribution is 2.29. The maximum atomic E-state index is 12.4. The van der Waals surface area contributed by atoms with E-state index in [0.717, 1.165) is 29.7 Å². The molecule has 0 fully saturated rings. The number of nitrogens with one attached hydrogen (secondary N) is 2. The molecule has 0 aliphatic rings. The Labute approximate surface area is 153 Å². The molecular weight excluding hydrogens is 336 g/mol. The molecule has 0 saturated heterocycles. The highest BCUT2D eigenvalue weighted by Gasteiger charge is 2.14. The first-order valence-electron chi connectivity index (χ1n) is 8.41. The molecule has 0 spiro atoms. The molecule has 0 radical (unpaired) electrons. The molecule has 2 aromatic rings. The second kappa shape index (κ2) is 8.67. The summed E-state index contributed by atoms with van der Waals surface area (Å²) in [6, 6.07) is 11.0. The van der Waals surface area contributed by atoms with Gasteiger partial charge in [0.15, 0.2) is 5.78 Å². The van der Waals surface area contributed by atoms with Gasteiger partial charge >= 0.3 is 0 Å². The van der Waals surface area contributed by atoms with Crippen molar-refractivity contribution >= 4 is 34.7 Å². The molecule has 1 amide bonds. The number of para-hydroxylation sites is 1. The van der Waals surface area contributed by atoms with Crippen LogP contribution in [-0.4, -0.2) is 18.2 Å². The number of halogens is 1. The van der Waals surface area contributed by atoms with Gasteiger partial charge in [0.05, 0.1) is 6.54 Å². The quantitative estimate of drug-likeness (QED) is 0.704. The van der Waals surface area contributed by atoms with E-state index in [1.807, 2.05) is 32.0 Å². The van der Waals surface area contributed by atoms with Gasteiger partial charge in [-0.15, -0.1) is 0 Å². The number of carbonyl (C=O) groups excluding carboxylic acids is 2. The van der Waals surface area contributed by atoms with Crippen molar-refractivity contribution < 1.29 is 9.59 Å². The van der Waals surface area contributed by atoms with E-state index < -0.39 is 0 Å². The van der Waals surface area contributed by atoms with Crippen LogP contribution in [0.3, 0.4) is 0 Å². The molecule has 0 heterocycles. The molecule has 0 aliphatic heterocycles. The first-order valence-corrected chi connectivity index (χ1v) is 8.79. The summed E-state index contributed by atoms with van der Waals surface area (Å²) in [7, 11) is 0. The summed E-state index contributed by atoms with van der Waals surface area (Å²) in [5.74, 6) is -0.218. The first kappa shape index (κ1) is 19.0. The van der Waals surface area contributed by atoms with Gasteiger partial charge < -0.3 is 10.6 Å². The summed E-state index contributed by atoms with van der Waals surface area (Å²) >= 11 is 6.27. The van der Waals surface area contributed by atoms with E-state index in [1.165, 1.54) is 6.92 Å². The number of anilines is 2. The molecule has 2 aromatic carbocycles. The van der Waals surface area contributed by atoms with Gasteiger partial charge in [-0.2, -0.15) is 0 Å². The number of amides is 1. The highest BCUT2D eigenvalue weighted by atomic mass is 35.5. The number of hydrogen-bond acceptors (Lipinski definition) is 3. The van der Waals surface area contributed by atoms with E-state index in [-0.39, 0.29) is 18.2 Å². The number of Topliss-reactive ketones (excluding diaryl/α,β-unsaturated/α-hetero) is 1. The highest BCUT2D eigenvalue weighted by molar-refractivity contribution is 6.32. The zero-order chi connectivity index (χ0) is 18.4. The number of benzene rings is 2. The Balaban J connectivity index is 2.14. The molecule has 4 nitrogen and oxygen atoms in total. The lowest BCUT2D eigenvalue weighted by atomic mass is 10.0. The van der Waals surface area contributed by atoms with Crippen molar-refractivity contribution in [3.63, 3.8) is 0 Å². The fourth-order valence-corrected chi connectivity index (χ4v) is 3.06. The molecule has 0 unspecified atom stereocenters. The number of carbonyl (C=O) groups is 2. The van der Waals surface area contributed by atoms with Crippen LogP contribution in [0.1, 0.15) is 42.3 Å². The van der Waals surface area contributed by atoms with E-state index in [2.05, 4.69) is 10.6 Å². The Hall–Kier alpha value is -2.33. The van der Waals surface area contributed by atoms with E-state index in [0.29, 0.717) is 16.3 Å². The van der Waals surface area contributed by atoms with E-state index in [9.17, 15) is 9.59 Å². The lowest BCUT2D eigenvalue weighted by Gasteiger charge is -2.16. The molecule has 2 N–H and O–H groups in total. The zero-order valence-electron chi connectivity index (χ0n) is 14.8. The van der Waals surface area contributed by atoms with Crippen LogP contribution in [0, 0.1) is 0 Å². The second-order valence-electron chi connectivity index (χ2n) is 5.77. The Morgan fingerprint density at radius 3 is 2.40 bits per heavy atom. The van der Waals surface area contributed by atoms with Crippen LogP contribution in [-0.2, 0) is 17.6 Å². The van der Waals surface area contributed by atoms with Gasteiger partial charge in [-0.25, -0.2) is 0 Å². The fraction of sp³-hybridized carbons (Fsp3) is 0.300. The summed E-state index contributed by atoms with van der Waals surface area (Å²) in [6.07, 6.45) is 1.54. The SMILES string of the molecule is CCc1ccc(Cl)c(CC)c1NC(=O)CNc1ccccc1C(C)=O. The summed E-state index contributed by atoms with van der Waals surface area (Å²) in [6.45, 7) is 5.63. The lowest BCUT2D eigenvalue weighted by Crippen LogP contribution is -2.24. The predicted molar refractivity (Wildman–Crippen MR) is 104 cm³/mol. The molecule has 0 atom stereocenters. The summed E-state index contributed by atoms with van der Waals surface area (Å²) in [4.78, 5) is 24.1. The number of hydrogen-bond donors (Lipinski definition) is 2. The molecule has 5 heteroatoms. The smallest absolute Gasteiger partial charge is 0.243 e. The van der Waals surface area contributed by atoms with Crippen LogP contribution < -0.4 is 10.6 Å². The number of aryl methyl sites for hydroxylation is 1. The van der Waals surface area contributed by atoms with Crippen LogP contribution in [0.2, 0.25) is 5.02 Å². The molecule has 0 aliphatic carbocycles. The fourth-order valence-electron chi connectivity index (χ4n) is 2.77. The Morgan fingerprint density at radius 2 is 1.76 bits per heavy atom. The minimum atomic E-state index is -0.176. The Morgan fingerprint density at radius 1 is 1.04 bits per heavy atom. The first-order chi connectivity index (χ1) is 12.0. The van der Waals surface area contributed by atoms with Crippen LogP contribution in [0.25, 0.3) is 0 Å². The molecule has 0 saturated carbocycles. The van der Waals surface area contributed by atoms with Crippen molar-refractivity contribution in [3.8, 4) is 0 Å². The van der Waals surface area contributed by atoms with Gasteiger partial charge in [-0.1, -0.05) is 43.6 Å². The second-order valence-corrected chi connectivity index (χ2v) is 6.18. The minimum Gasteiger partial charge on any atom is -0.376 e. The molecular formula is C20H23ClN2O2. The summed E-state index contributed by atoms with van der Waals surface area (Å²) in [5, 5.41) is 6.67. The van der Waals surface area contributed by atoms with Crippen LogP contribution in [0.5, 0.6) is 0 Å². The van der Waals surface area contributed by atoms with Gasteiger partial charge in [-0.05, 0) is 49.1 Å². The topological polar surface area (TPSA) is 58.2 Å². The van der Waals surface area contributed by atoms with Gasteiger partial charge in [0.25, 0.3) is 0 Å². The normalized spacial score (nSPS) is 10.4. The third-order valence-corrected chi connectivity index (χ3v) is 4.44. The van der Waals surface area contributed by atoms with Crippen LogP contribution in [0.15, 0.2) is 36.4 Å². The van der Waals surface area contributed by atoms with Crippen molar-refractivity contribution in [3.05, 3.63) is 58.1 Å². The van der Waals surface area contributed by atoms with Crippen molar-refractivity contribution in [2.45, 2.75) is 33.6 Å². The zero-order valence-corrected chi connectivity index (χ0v) is 15.5. The van der Waals surface area contributed by atoms with Crippen molar-refractivity contribution in [2.24, 2.45) is 0 Å². The summed E-state index contributed by atoms with van der Waals surface area (Å²) < 4.78 is 0. The van der Waals surface area contributed by atoms with E-state index in [1.54, 1.807) is 18.2 Å². The largest absolute Gasteiger partial charge is 0.376 e. The van der Waals surface area contributed by atoms with Crippen molar-refractivity contribution in [2.75, 3.05) is 17.2 Å². The van der Waals surface area contributed by atoms with Crippen molar-refractivity contribution in [1.82, 2.24) is 0 Å². The van der Waals surface area contributed by atoms with E-state index in [4.69, 9.17) is 11.6 Å². The third kappa shape index (κ3) is 4.60. The molecule has 0 aromatic heterocycles. The maximum Gasteiger partial charge on any atom is 0.243 e. The number of ketones is 1.